The van der Waals surface area contributed by atoms with Crippen molar-refractivity contribution in [1.29, 1.82) is 0 Å². The second-order valence-electron chi connectivity index (χ2n) is 11.1. The number of esters is 1. The average molecular weight is 564 g/mol. The number of hydrogen-bond donors (Lipinski definition) is 2. The van der Waals surface area contributed by atoms with Crippen molar-refractivity contribution in [1.82, 2.24) is 4.90 Å². The number of ether oxygens (including phenoxy) is 2. The molecule has 3 aliphatic rings. The van der Waals surface area contributed by atoms with Gasteiger partial charge < -0.3 is 29.7 Å². The van der Waals surface area contributed by atoms with Crippen molar-refractivity contribution in [3.8, 4) is 0 Å². The van der Waals surface area contributed by atoms with Crippen molar-refractivity contribution in [3.63, 3.8) is 0 Å². The molecule has 3 fully saturated rings. The number of benzene rings is 2. The third-order valence-corrected chi connectivity index (χ3v) is 9.36. The van der Waals surface area contributed by atoms with Crippen molar-refractivity contribution >= 4 is 29.2 Å². The Balaban J connectivity index is 1.56. The van der Waals surface area contributed by atoms with E-state index < -0.39 is 47.0 Å². The molecule has 1 spiro atoms. The minimum atomic E-state index is -1.21. The van der Waals surface area contributed by atoms with Crippen molar-refractivity contribution in [2.75, 3.05) is 36.5 Å². The predicted molar refractivity (Wildman–Crippen MR) is 155 cm³/mol. The number of nitrogens with zero attached hydrogens (tertiary/aromatic N) is 2. The summed E-state index contributed by atoms with van der Waals surface area (Å²) in [7, 11) is 0. The molecule has 3 saturated heterocycles. The largest absolute Gasteiger partial charge is 0.466 e. The summed E-state index contributed by atoms with van der Waals surface area (Å²) in [5.41, 5.74) is 0.266. The first kappa shape index (κ1) is 29.1. The summed E-state index contributed by atoms with van der Waals surface area (Å²) in [6, 6.07) is 15.0. The Morgan fingerprint density at radius 1 is 1.07 bits per heavy atom. The maximum Gasteiger partial charge on any atom is 0.312 e. The van der Waals surface area contributed by atoms with Crippen LogP contribution in [-0.4, -0.2) is 71.3 Å². The lowest BCUT2D eigenvalue weighted by molar-refractivity contribution is -0.161. The molecule has 0 saturated carbocycles. The average Bonchev–Trinajstić information content (AvgIpc) is 3.59. The van der Waals surface area contributed by atoms with Gasteiger partial charge in [0.2, 0.25) is 11.8 Å². The lowest BCUT2D eigenvalue weighted by atomic mass is 9.65. The molecule has 41 heavy (non-hydrogen) atoms. The van der Waals surface area contributed by atoms with Crippen molar-refractivity contribution in [2.24, 2.45) is 11.8 Å². The lowest BCUT2D eigenvalue weighted by Crippen LogP contribution is -2.54. The zero-order chi connectivity index (χ0) is 29.4. The highest BCUT2D eigenvalue weighted by molar-refractivity contribution is 6.03. The molecule has 0 aliphatic carbocycles. The number of fused-ring (bicyclic) bond motifs is 1. The van der Waals surface area contributed by atoms with Crippen LogP contribution in [0.15, 0.2) is 54.6 Å². The summed E-state index contributed by atoms with van der Waals surface area (Å²) in [4.78, 5) is 45.8. The van der Waals surface area contributed by atoms with Crippen LogP contribution >= 0.6 is 0 Å². The van der Waals surface area contributed by atoms with E-state index in [2.05, 4.69) is 24.1 Å². The van der Waals surface area contributed by atoms with Crippen LogP contribution in [0.5, 0.6) is 0 Å². The van der Waals surface area contributed by atoms with Gasteiger partial charge in [-0.1, -0.05) is 37.3 Å². The number of rotatable bonds is 11. The van der Waals surface area contributed by atoms with E-state index in [0.29, 0.717) is 30.5 Å². The predicted octanol–water partition coefficient (Wildman–Crippen LogP) is 3.92. The normalized spacial score (nSPS) is 28.9. The summed E-state index contributed by atoms with van der Waals surface area (Å²) >= 11 is 0. The van der Waals surface area contributed by atoms with Crippen LogP contribution in [0, 0.1) is 11.8 Å². The first-order valence-electron chi connectivity index (χ1n) is 14.8. The Morgan fingerprint density at radius 2 is 1.76 bits per heavy atom. The zero-order valence-corrected chi connectivity index (χ0v) is 24.3. The van der Waals surface area contributed by atoms with Crippen molar-refractivity contribution in [3.05, 3.63) is 60.2 Å². The van der Waals surface area contributed by atoms with Crippen LogP contribution in [-0.2, 0) is 23.9 Å². The Hall–Kier alpha value is -3.43. The number of amides is 2. The Morgan fingerprint density at radius 3 is 2.34 bits per heavy atom. The van der Waals surface area contributed by atoms with Gasteiger partial charge in [-0.2, -0.15) is 0 Å². The highest BCUT2D eigenvalue weighted by Crippen LogP contribution is 2.65. The van der Waals surface area contributed by atoms with E-state index in [1.165, 1.54) is 4.90 Å². The lowest BCUT2D eigenvalue weighted by Gasteiger charge is -2.37. The van der Waals surface area contributed by atoms with Gasteiger partial charge in [0.25, 0.3) is 0 Å². The fourth-order valence-electron chi connectivity index (χ4n) is 7.47. The Labute approximate surface area is 241 Å². The van der Waals surface area contributed by atoms with Crippen molar-refractivity contribution in [2.45, 2.75) is 70.2 Å². The van der Waals surface area contributed by atoms with Gasteiger partial charge in [0.15, 0.2) is 0 Å². The highest BCUT2D eigenvalue weighted by atomic mass is 16.6. The molecule has 9 nitrogen and oxygen atoms in total. The molecule has 6 atom stereocenters. The van der Waals surface area contributed by atoms with Crippen LogP contribution in [0.3, 0.4) is 0 Å². The molecule has 2 N–H and O–H groups in total. The molecule has 2 aromatic carbocycles. The SMILES string of the molecule is CCOC(=O)[C@H]1[C@H]2C(=O)N([C@H](CO)c3ccccc3)C(C(=O)Nc3ccc(N(CC)CC)cc3)C23CC[C@]1(CC)O3. The maximum absolute atomic E-state index is 14.4. The summed E-state index contributed by atoms with van der Waals surface area (Å²) in [5, 5.41) is 13.6. The smallest absolute Gasteiger partial charge is 0.312 e. The quantitative estimate of drug-likeness (QED) is 0.399. The van der Waals surface area contributed by atoms with E-state index in [1.807, 2.05) is 61.5 Å². The van der Waals surface area contributed by atoms with Crippen LogP contribution in [0.2, 0.25) is 0 Å². The van der Waals surface area contributed by atoms with Gasteiger partial charge in [0, 0.05) is 24.5 Å². The summed E-state index contributed by atoms with van der Waals surface area (Å²) in [6.45, 7) is 9.40. The number of nitrogens with one attached hydrogen (secondary N) is 1. The number of carbonyl (C=O) groups excluding carboxylic acids is 3. The van der Waals surface area contributed by atoms with Gasteiger partial charge in [0.05, 0.1) is 30.8 Å². The first-order valence-corrected chi connectivity index (χ1v) is 14.8. The van der Waals surface area contributed by atoms with Crippen LogP contribution < -0.4 is 10.2 Å². The number of carbonyl (C=O) groups is 3. The third-order valence-electron chi connectivity index (χ3n) is 9.36. The molecule has 2 aromatic rings. The molecular formula is C32H41N3O6. The number of anilines is 2. The van der Waals surface area contributed by atoms with Crippen LogP contribution in [0.25, 0.3) is 0 Å². The number of hydrogen-bond acceptors (Lipinski definition) is 7. The standard InChI is InChI=1S/C32H41N3O6/c1-5-31-18-19-32(41-31)25(26(31)30(39)40-8-4)29(38)35(24(20-36)21-12-10-9-11-13-21)27(32)28(37)33-22-14-16-23(17-15-22)34(6-2)7-3/h9-17,24-27,36H,5-8,18-20H2,1-4H3,(H,33,37)/t24-,25+,26-,27?,31+,32?/m1/s1. The summed E-state index contributed by atoms with van der Waals surface area (Å²) < 4.78 is 12.2. The highest BCUT2D eigenvalue weighted by Gasteiger charge is 2.79. The molecule has 0 aromatic heterocycles. The number of aliphatic hydroxyl groups excluding tert-OH is 1. The monoisotopic (exact) mass is 563 g/mol. The van der Waals surface area contributed by atoms with Gasteiger partial charge in [0.1, 0.15) is 17.6 Å². The van der Waals surface area contributed by atoms with E-state index >= 15 is 0 Å². The minimum Gasteiger partial charge on any atom is -0.466 e. The molecule has 3 heterocycles. The van der Waals surface area contributed by atoms with Gasteiger partial charge >= 0.3 is 5.97 Å². The number of aliphatic hydroxyl groups is 1. The molecule has 3 aliphatic heterocycles. The van der Waals surface area contributed by atoms with E-state index in [4.69, 9.17) is 9.47 Å². The number of likely N-dealkylation sites (tertiary alicyclic amines) is 1. The van der Waals surface area contributed by atoms with Gasteiger partial charge in [-0.25, -0.2) is 0 Å². The molecule has 0 radical (unpaired) electrons. The third kappa shape index (κ3) is 4.59. The van der Waals surface area contributed by atoms with Crippen LogP contribution in [0.1, 0.15) is 58.6 Å². The fourth-order valence-corrected chi connectivity index (χ4v) is 7.47. The van der Waals surface area contributed by atoms with E-state index in [0.717, 1.165) is 18.8 Å². The first-order chi connectivity index (χ1) is 19.8. The molecular weight excluding hydrogens is 522 g/mol. The summed E-state index contributed by atoms with van der Waals surface area (Å²) in [6.07, 6.45) is 1.52. The second kappa shape index (κ2) is 11.4. The van der Waals surface area contributed by atoms with Crippen molar-refractivity contribution < 1.29 is 29.0 Å². The van der Waals surface area contributed by atoms with E-state index in [1.54, 1.807) is 6.92 Å². The van der Waals surface area contributed by atoms with Gasteiger partial charge in [-0.15, -0.1) is 0 Å². The molecule has 2 unspecified atom stereocenters. The molecule has 9 heteroatoms. The van der Waals surface area contributed by atoms with Gasteiger partial charge in [-0.05, 0) is 69.9 Å². The fraction of sp³-hybridized carbons (Fsp3) is 0.531. The molecule has 2 bridgehead atoms. The van der Waals surface area contributed by atoms with E-state index in [-0.39, 0.29) is 19.1 Å². The topological polar surface area (TPSA) is 108 Å². The molecule has 2 amide bonds. The second-order valence-corrected chi connectivity index (χ2v) is 11.1. The van der Waals surface area contributed by atoms with Gasteiger partial charge in [-0.3, -0.25) is 14.4 Å². The molecule has 220 valence electrons. The summed E-state index contributed by atoms with van der Waals surface area (Å²) in [5.74, 6) is -2.94. The van der Waals surface area contributed by atoms with E-state index in [9.17, 15) is 19.5 Å². The minimum absolute atomic E-state index is 0.184. The molecule has 5 rings (SSSR count). The van der Waals surface area contributed by atoms with Crippen LogP contribution in [0.4, 0.5) is 11.4 Å². The maximum atomic E-state index is 14.4. The Kier molecular flexibility index (Phi) is 8.12. The Bertz CT molecular complexity index is 1270. The zero-order valence-electron chi connectivity index (χ0n) is 24.3.